The molecular weight excluding hydrogens is 405 g/mol. The van der Waals surface area contributed by atoms with Gasteiger partial charge in [-0.15, -0.1) is 24.0 Å². The number of aliphatic imine (C=N–C) groups is 1. The lowest BCUT2D eigenvalue weighted by Gasteiger charge is -2.13. The van der Waals surface area contributed by atoms with Gasteiger partial charge in [0, 0.05) is 31.3 Å². The molecule has 0 aromatic heterocycles. The van der Waals surface area contributed by atoms with E-state index in [1.807, 2.05) is 18.2 Å². The van der Waals surface area contributed by atoms with Crippen molar-refractivity contribution >= 4 is 35.6 Å². The van der Waals surface area contributed by atoms with Crippen LogP contribution in [0, 0.1) is 5.92 Å². The van der Waals surface area contributed by atoms with Gasteiger partial charge in [0.05, 0.1) is 13.2 Å². The molecule has 0 bridgehead atoms. The Kier molecular flexibility index (Phi) is 7.26. The Morgan fingerprint density at radius 3 is 2.74 bits per heavy atom. The number of benzene rings is 1. The highest BCUT2D eigenvalue weighted by Crippen LogP contribution is 2.33. The van der Waals surface area contributed by atoms with E-state index in [1.54, 1.807) is 0 Å². The summed E-state index contributed by atoms with van der Waals surface area (Å²) >= 11 is 0. The van der Waals surface area contributed by atoms with Crippen LogP contribution in [0.25, 0.3) is 0 Å². The number of hydrogen-bond donors (Lipinski definition) is 2. The number of halogens is 1. The largest absolute Gasteiger partial charge is 0.490 e. The number of fused-ring (bicyclic) bond motifs is 1. The molecule has 3 rings (SSSR count). The van der Waals surface area contributed by atoms with E-state index in [1.165, 1.54) is 19.3 Å². The van der Waals surface area contributed by atoms with Crippen LogP contribution in [0.3, 0.4) is 0 Å². The van der Waals surface area contributed by atoms with Crippen molar-refractivity contribution in [3.8, 4) is 11.5 Å². The zero-order valence-electron chi connectivity index (χ0n) is 13.6. The number of nitrogens with zero attached hydrogens (tertiary/aromatic N) is 1. The minimum absolute atomic E-state index is 0. The third-order valence-electron chi connectivity index (χ3n) is 3.86. The monoisotopic (exact) mass is 431 g/mol. The van der Waals surface area contributed by atoms with Crippen LogP contribution in [0.4, 0.5) is 5.69 Å². The molecule has 0 radical (unpaired) electrons. The van der Waals surface area contributed by atoms with Crippen LogP contribution in [0.15, 0.2) is 23.2 Å². The fourth-order valence-electron chi connectivity index (χ4n) is 2.45. The number of rotatable bonds is 5. The van der Waals surface area contributed by atoms with Crippen LogP contribution in [-0.2, 0) is 0 Å². The first-order valence-corrected chi connectivity index (χ1v) is 8.30. The molecule has 1 heterocycles. The fraction of sp³-hybridized carbons (Fsp3) is 0.588. The molecule has 0 unspecified atom stereocenters. The van der Waals surface area contributed by atoms with Gasteiger partial charge in [-0.25, -0.2) is 0 Å². The van der Waals surface area contributed by atoms with E-state index >= 15 is 0 Å². The molecule has 128 valence electrons. The molecule has 6 heteroatoms. The Morgan fingerprint density at radius 1 is 1.22 bits per heavy atom. The lowest BCUT2D eigenvalue weighted by atomic mass is 10.2. The number of hydrogen-bond acceptors (Lipinski definition) is 3. The van der Waals surface area contributed by atoms with Gasteiger partial charge >= 0.3 is 0 Å². The Bertz CT molecular complexity index is 533. The van der Waals surface area contributed by atoms with E-state index in [4.69, 9.17) is 9.47 Å². The summed E-state index contributed by atoms with van der Waals surface area (Å²) in [6, 6.07) is 5.94. The standard InChI is InChI=1S/C17H25N3O2.HI/c1-2-18-17(19-9-8-13-4-5-13)20-14-6-7-15-16(12-14)22-11-3-10-21-15;/h6-7,12-13H,2-5,8-11H2,1H3,(H2,18,19,20);1H. The van der Waals surface area contributed by atoms with Gasteiger partial charge in [-0.3, -0.25) is 4.99 Å². The molecule has 0 atom stereocenters. The van der Waals surface area contributed by atoms with E-state index in [2.05, 4.69) is 22.5 Å². The van der Waals surface area contributed by atoms with Crippen LogP contribution in [0.2, 0.25) is 0 Å². The minimum Gasteiger partial charge on any atom is -0.490 e. The topological polar surface area (TPSA) is 54.9 Å². The molecule has 2 N–H and O–H groups in total. The van der Waals surface area contributed by atoms with Crippen molar-refractivity contribution in [2.45, 2.75) is 32.6 Å². The highest BCUT2D eigenvalue weighted by Gasteiger charge is 2.20. The molecule has 5 nitrogen and oxygen atoms in total. The van der Waals surface area contributed by atoms with Crippen molar-refractivity contribution in [2.75, 3.05) is 31.6 Å². The number of anilines is 1. The number of guanidine groups is 1. The maximum Gasteiger partial charge on any atom is 0.195 e. The number of ether oxygens (including phenoxy) is 2. The van der Waals surface area contributed by atoms with Crippen LogP contribution in [-0.4, -0.2) is 32.3 Å². The molecule has 1 saturated carbocycles. The Balaban J connectivity index is 0.00000192. The Morgan fingerprint density at radius 2 is 2.00 bits per heavy atom. The second-order valence-electron chi connectivity index (χ2n) is 5.83. The van der Waals surface area contributed by atoms with E-state index in [0.717, 1.165) is 48.6 Å². The first-order chi connectivity index (χ1) is 10.8. The van der Waals surface area contributed by atoms with Crippen molar-refractivity contribution in [3.05, 3.63) is 18.2 Å². The van der Waals surface area contributed by atoms with Gasteiger partial charge in [0.15, 0.2) is 17.5 Å². The fourth-order valence-corrected chi connectivity index (χ4v) is 2.45. The average molecular weight is 431 g/mol. The van der Waals surface area contributed by atoms with E-state index < -0.39 is 0 Å². The summed E-state index contributed by atoms with van der Waals surface area (Å²) in [6.07, 6.45) is 4.86. The molecule has 23 heavy (non-hydrogen) atoms. The maximum atomic E-state index is 5.73. The SMILES string of the molecule is CCNC(=NCCC1CC1)Nc1ccc2c(c1)OCCCO2.I. The predicted octanol–water partition coefficient (Wildman–Crippen LogP) is 3.64. The van der Waals surface area contributed by atoms with E-state index in [9.17, 15) is 0 Å². The van der Waals surface area contributed by atoms with Crippen molar-refractivity contribution < 1.29 is 9.47 Å². The first kappa shape index (κ1) is 18.2. The zero-order chi connectivity index (χ0) is 15.2. The quantitative estimate of drug-likeness (QED) is 0.425. The smallest absolute Gasteiger partial charge is 0.195 e. The highest BCUT2D eigenvalue weighted by atomic mass is 127. The second-order valence-corrected chi connectivity index (χ2v) is 5.83. The molecule has 1 fully saturated rings. The summed E-state index contributed by atoms with van der Waals surface area (Å²) in [5.41, 5.74) is 0.968. The average Bonchev–Trinajstić information content (AvgIpc) is 3.33. The van der Waals surface area contributed by atoms with Gasteiger partial charge in [-0.2, -0.15) is 0 Å². The molecule has 0 spiro atoms. The molecule has 1 aromatic carbocycles. The molecule has 1 aliphatic heterocycles. The molecule has 1 aliphatic carbocycles. The van der Waals surface area contributed by atoms with Crippen molar-refractivity contribution in [3.63, 3.8) is 0 Å². The molecule has 0 amide bonds. The lowest BCUT2D eigenvalue weighted by Crippen LogP contribution is -2.30. The van der Waals surface area contributed by atoms with Crippen molar-refractivity contribution in [1.29, 1.82) is 0 Å². The Hall–Kier alpha value is -1.18. The lowest BCUT2D eigenvalue weighted by molar-refractivity contribution is 0.297. The summed E-state index contributed by atoms with van der Waals surface area (Å²) in [6.45, 7) is 5.22. The molecule has 0 saturated heterocycles. The summed E-state index contributed by atoms with van der Waals surface area (Å²) in [5, 5.41) is 6.63. The first-order valence-electron chi connectivity index (χ1n) is 8.30. The minimum atomic E-state index is 0. The maximum absolute atomic E-state index is 5.73. The van der Waals surface area contributed by atoms with E-state index in [-0.39, 0.29) is 24.0 Å². The third kappa shape index (κ3) is 5.75. The summed E-state index contributed by atoms with van der Waals surface area (Å²) in [5.74, 6) is 3.36. The van der Waals surface area contributed by atoms with Gasteiger partial charge in [0.1, 0.15) is 0 Å². The zero-order valence-corrected chi connectivity index (χ0v) is 16.0. The van der Waals surface area contributed by atoms with Crippen molar-refractivity contribution in [2.24, 2.45) is 10.9 Å². The van der Waals surface area contributed by atoms with Gasteiger partial charge in [-0.1, -0.05) is 12.8 Å². The molecule has 1 aromatic rings. The summed E-state index contributed by atoms with van der Waals surface area (Å²) < 4.78 is 11.4. The van der Waals surface area contributed by atoms with Gasteiger partial charge in [-0.05, 0) is 31.4 Å². The number of nitrogens with one attached hydrogen (secondary N) is 2. The van der Waals surface area contributed by atoms with Crippen LogP contribution < -0.4 is 20.1 Å². The summed E-state index contributed by atoms with van der Waals surface area (Å²) in [4.78, 5) is 4.64. The third-order valence-corrected chi connectivity index (χ3v) is 3.86. The predicted molar refractivity (Wildman–Crippen MR) is 104 cm³/mol. The summed E-state index contributed by atoms with van der Waals surface area (Å²) in [7, 11) is 0. The Labute approximate surface area is 155 Å². The van der Waals surface area contributed by atoms with Gasteiger partial charge < -0.3 is 20.1 Å². The van der Waals surface area contributed by atoms with Crippen molar-refractivity contribution in [1.82, 2.24) is 5.32 Å². The highest BCUT2D eigenvalue weighted by molar-refractivity contribution is 14.0. The van der Waals surface area contributed by atoms with Gasteiger partial charge in [0.25, 0.3) is 0 Å². The van der Waals surface area contributed by atoms with Crippen LogP contribution >= 0.6 is 24.0 Å². The van der Waals surface area contributed by atoms with Crippen LogP contribution in [0.1, 0.15) is 32.6 Å². The normalized spacial score (nSPS) is 17.0. The van der Waals surface area contributed by atoms with Crippen LogP contribution in [0.5, 0.6) is 11.5 Å². The second kappa shape index (κ2) is 9.20. The molecule has 2 aliphatic rings. The van der Waals surface area contributed by atoms with Gasteiger partial charge in [0.2, 0.25) is 0 Å². The van der Waals surface area contributed by atoms with E-state index in [0.29, 0.717) is 13.2 Å². The molecular formula is C17H26IN3O2.